The number of hydrogen-bond donors (Lipinski definition) is 0. The zero-order valence-electron chi connectivity index (χ0n) is 26.7. The number of fused-ring (bicyclic) bond motifs is 5. The van der Waals surface area contributed by atoms with Crippen molar-refractivity contribution in [1.82, 2.24) is 0 Å². The third kappa shape index (κ3) is 4.13. The predicted molar refractivity (Wildman–Crippen MR) is 196 cm³/mol. The summed E-state index contributed by atoms with van der Waals surface area (Å²) in [6, 6.07) is 54.5. The molecular weight excluding hydrogens is 572 g/mol. The average molecular weight is 607 g/mol. The van der Waals surface area contributed by atoms with Crippen LogP contribution in [-0.2, 0) is 5.41 Å². The molecule has 0 bridgehead atoms. The normalized spacial score (nSPS) is 13.7. The van der Waals surface area contributed by atoms with Gasteiger partial charge in [0.05, 0.1) is 28.4 Å². The van der Waals surface area contributed by atoms with Crippen molar-refractivity contribution in [2.75, 3.05) is 9.80 Å². The van der Waals surface area contributed by atoms with Crippen LogP contribution in [0.4, 0.5) is 34.1 Å². The molecule has 0 radical (unpaired) electrons. The lowest BCUT2D eigenvalue weighted by atomic mass is 9.72. The van der Waals surface area contributed by atoms with Crippen LogP contribution in [-0.4, -0.2) is 0 Å². The molecule has 0 amide bonds. The highest BCUT2D eigenvalue weighted by Gasteiger charge is 2.44. The van der Waals surface area contributed by atoms with Crippen LogP contribution in [0.1, 0.15) is 30.5 Å². The zero-order valence-corrected chi connectivity index (χ0v) is 26.7. The summed E-state index contributed by atoms with van der Waals surface area (Å²) in [7, 11) is 0. The van der Waals surface area contributed by atoms with Gasteiger partial charge in [-0.25, -0.2) is 0 Å². The van der Waals surface area contributed by atoms with Crippen molar-refractivity contribution >= 4 is 44.9 Å². The van der Waals surface area contributed by atoms with Crippen molar-refractivity contribution in [1.29, 1.82) is 0 Å². The molecule has 3 heteroatoms. The standard InChI is InChI=1S/C44H34N2O/c1-29-13-9-23-39-42(29)46-38-22-12-21-37(41(38)44(2,3)35-19-11-24-40(47-39)43(35)46)45(36-20-10-17-32-16-7-8-18-34(32)36)33-27-25-31(26-28-33)30-14-5-4-6-15-30/h4-28H,1-3H3. The molecule has 2 aliphatic heterocycles. The summed E-state index contributed by atoms with van der Waals surface area (Å²) in [4.78, 5) is 4.91. The summed E-state index contributed by atoms with van der Waals surface area (Å²) in [6.07, 6.45) is 0. The van der Waals surface area contributed by atoms with Gasteiger partial charge in [-0.2, -0.15) is 0 Å². The highest BCUT2D eigenvalue weighted by Crippen LogP contribution is 2.62. The number of rotatable bonds is 4. The van der Waals surface area contributed by atoms with Crippen molar-refractivity contribution < 1.29 is 4.74 Å². The second kappa shape index (κ2) is 10.4. The Morgan fingerprint density at radius 1 is 0.553 bits per heavy atom. The summed E-state index contributed by atoms with van der Waals surface area (Å²) >= 11 is 0. The molecule has 2 heterocycles. The molecule has 0 N–H and O–H groups in total. The van der Waals surface area contributed by atoms with E-state index in [9.17, 15) is 0 Å². The molecule has 7 aromatic carbocycles. The van der Waals surface area contributed by atoms with E-state index < -0.39 is 0 Å². The van der Waals surface area contributed by atoms with Gasteiger partial charge in [0.2, 0.25) is 0 Å². The molecule has 0 spiro atoms. The molecule has 7 aromatic rings. The molecule has 0 aromatic heterocycles. The first-order chi connectivity index (χ1) is 23.0. The highest BCUT2D eigenvalue weighted by atomic mass is 16.5. The first-order valence-corrected chi connectivity index (χ1v) is 16.3. The quantitative estimate of drug-likeness (QED) is 0.198. The van der Waals surface area contributed by atoms with Crippen molar-refractivity contribution in [3.8, 4) is 22.6 Å². The molecule has 0 unspecified atom stereocenters. The van der Waals surface area contributed by atoms with Crippen LogP contribution in [0.15, 0.2) is 152 Å². The Labute approximate surface area is 275 Å². The van der Waals surface area contributed by atoms with Crippen LogP contribution in [0.2, 0.25) is 0 Å². The lowest BCUT2D eigenvalue weighted by Gasteiger charge is -2.47. The SMILES string of the molecule is Cc1cccc2c1N1c3cccc(N(c4ccc(-c5ccccc5)cc4)c4cccc5ccccc45)c3C(C)(C)c3cccc(c31)O2. The summed E-state index contributed by atoms with van der Waals surface area (Å²) in [5.74, 6) is 1.78. The molecule has 3 nitrogen and oxygen atoms in total. The smallest absolute Gasteiger partial charge is 0.151 e. The Bertz CT molecular complexity index is 2320. The van der Waals surface area contributed by atoms with E-state index >= 15 is 0 Å². The van der Waals surface area contributed by atoms with E-state index in [-0.39, 0.29) is 5.41 Å². The van der Waals surface area contributed by atoms with Gasteiger partial charge in [-0.05, 0) is 77.0 Å². The fraction of sp³-hybridized carbons (Fsp3) is 0.0909. The Kier molecular flexibility index (Phi) is 6.07. The number of hydrogen-bond acceptors (Lipinski definition) is 3. The van der Waals surface area contributed by atoms with Crippen LogP contribution < -0.4 is 14.5 Å². The van der Waals surface area contributed by atoms with E-state index in [1.807, 2.05) is 0 Å². The molecule has 0 atom stereocenters. The third-order valence-electron chi connectivity index (χ3n) is 9.91. The van der Waals surface area contributed by atoms with E-state index in [4.69, 9.17) is 4.74 Å². The number of nitrogens with zero attached hydrogens (tertiary/aromatic N) is 2. The van der Waals surface area contributed by atoms with Crippen molar-refractivity contribution in [2.45, 2.75) is 26.2 Å². The Morgan fingerprint density at radius 2 is 1.19 bits per heavy atom. The fourth-order valence-electron chi connectivity index (χ4n) is 7.73. The van der Waals surface area contributed by atoms with Crippen molar-refractivity contribution in [3.63, 3.8) is 0 Å². The second-order valence-electron chi connectivity index (χ2n) is 13.1. The van der Waals surface area contributed by atoms with Crippen LogP contribution in [0, 0.1) is 6.92 Å². The van der Waals surface area contributed by atoms with E-state index in [1.54, 1.807) is 0 Å². The molecule has 2 aliphatic rings. The van der Waals surface area contributed by atoms with Gasteiger partial charge in [0.1, 0.15) is 0 Å². The maximum absolute atomic E-state index is 6.57. The van der Waals surface area contributed by atoms with Crippen LogP contribution >= 0.6 is 0 Å². The Balaban J connectivity index is 1.33. The van der Waals surface area contributed by atoms with Gasteiger partial charge in [-0.3, -0.25) is 0 Å². The van der Waals surface area contributed by atoms with Crippen LogP contribution in [0.5, 0.6) is 11.5 Å². The number of ether oxygens (including phenoxy) is 1. The molecule has 0 fully saturated rings. The molecule has 0 saturated heterocycles. The van der Waals surface area contributed by atoms with Crippen LogP contribution in [0.25, 0.3) is 21.9 Å². The van der Waals surface area contributed by atoms with Gasteiger partial charge in [0.25, 0.3) is 0 Å². The summed E-state index contributed by atoms with van der Waals surface area (Å²) in [6.45, 7) is 6.89. The van der Waals surface area contributed by atoms with Gasteiger partial charge in [-0.1, -0.05) is 123 Å². The lowest BCUT2D eigenvalue weighted by molar-refractivity contribution is 0.471. The van der Waals surface area contributed by atoms with Gasteiger partial charge in [-0.15, -0.1) is 0 Å². The predicted octanol–water partition coefficient (Wildman–Crippen LogP) is 12.5. The fourth-order valence-corrected chi connectivity index (χ4v) is 7.73. The second-order valence-corrected chi connectivity index (χ2v) is 13.1. The van der Waals surface area contributed by atoms with Crippen molar-refractivity contribution in [3.05, 3.63) is 168 Å². The molecule has 0 saturated carbocycles. The lowest BCUT2D eigenvalue weighted by Crippen LogP contribution is -2.34. The minimum atomic E-state index is -0.329. The molecular formula is C44H34N2O. The zero-order chi connectivity index (χ0) is 31.7. The van der Waals surface area contributed by atoms with Gasteiger partial charge >= 0.3 is 0 Å². The first kappa shape index (κ1) is 27.5. The molecule has 9 rings (SSSR count). The van der Waals surface area contributed by atoms with Crippen LogP contribution in [0.3, 0.4) is 0 Å². The number of aryl methyl sites for hydroxylation is 1. The largest absolute Gasteiger partial charge is 0.453 e. The van der Waals surface area contributed by atoms with Gasteiger partial charge in [0, 0.05) is 22.1 Å². The van der Waals surface area contributed by atoms with E-state index in [2.05, 4.69) is 182 Å². The van der Waals surface area contributed by atoms with E-state index in [0.29, 0.717) is 0 Å². The minimum absolute atomic E-state index is 0.329. The molecule has 226 valence electrons. The van der Waals surface area contributed by atoms with E-state index in [0.717, 1.165) is 39.9 Å². The number of benzene rings is 7. The maximum Gasteiger partial charge on any atom is 0.151 e. The van der Waals surface area contributed by atoms with E-state index in [1.165, 1.54) is 44.3 Å². The first-order valence-electron chi connectivity index (χ1n) is 16.3. The molecule has 0 aliphatic carbocycles. The monoisotopic (exact) mass is 606 g/mol. The Morgan fingerprint density at radius 3 is 2.02 bits per heavy atom. The average Bonchev–Trinajstić information content (AvgIpc) is 3.11. The van der Waals surface area contributed by atoms with Crippen molar-refractivity contribution in [2.24, 2.45) is 0 Å². The van der Waals surface area contributed by atoms with Gasteiger partial charge < -0.3 is 14.5 Å². The third-order valence-corrected chi connectivity index (χ3v) is 9.91. The summed E-state index contributed by atoms with van der Waals surface area (Å²) < 4.78 is 6.57. The number of para-hydroxylation sites is 2. The van der Waals surface area contributed by atoms with Gasteiger partial charge in [0.15, 0.2) is 11.5 Å². The highest BCUT2D eigenvalue weighted by molar-refractivity contribution is 6.02. The topological polar surface area (TPSA) is 15.7 Å². The maximum atomic E-state index is 6.57. The number of anilines is 6. The summed E-state index contributed by atoms with van der Waals surface area (Å²) in [5, 5.41) is 2.43. The summed E-state index contributed by atoms with van der Waals surface area (Å²) in [5.41, 5.74) is 12.6. The molecule has 47 heavy (non-hydrogen) atoms. The minimum Gasteiger partial charge on any atom is -0.453 e. The Hall–Kier alpha value is -5.80.